The van der Waals surface area contributed by atoms with Crippen molar-refractivity contribution < 1.29 is 17.5 Å². The van der Waals surface area contributed by atoms with Crippen molar-refractivity contribution in [3.8, 4) is 5.75 Å². The standard InChI is InChI=1S/C26H26FN3O3S/c1-19(2)34(31,32)16-21-6-5-7-23(14-21)30-17-28-26(29-18-30)24-8-3-4-9-25(24)33-15-20-10-12-22(27)13-11-20/h3-14,17,19H,15-16,18H2,1-2H3. The van der Waals surface area contributed by atoms with Crippen LogP contribution in [0.5, 0.6) is 5.75 Å². The number of amidine groups is 1. The molecule has 0 spiro atoms. The van der Waals surface area contributed by atoms with Crippen LogP contribution in [0.25, 0.3) is 0 Å². The Hall–Kier alpha value is -3.52. The number of aliphatic imine (C=N–C) groups is 2. The molecule has 1 aliphatic heterocycles. The van der Waals surface area contributed by atoms with E-state index in [2.05, 4.69) is 9.98 Å². The summed E-state index contributed by atoms with van der Waals surface area (Å²) in [6.45, 7) is 4.01. The maximum Gasteiger partial charge on any atom is 0.161 e. The molecule has 1 aliphatic rings. The molecule has 1 heterocycles. The molecular formula is C26H26FN3O3S. The highest BCUT2D eigenvalue weighted by molar-refractivity contribution is 7.91. The van der Waals surface area contributed by atoms with Crippen molar-refractivity contribution in [1.29, 1.82) is 0 Å². The van der Waals surface area contributed by atoms with Crippen molar-refractivity contribution in [3.63, 3.8) is 0 Å². The molecule has 0 fully saturated rings. The highest BCUT2D eigenvalue weighted by atomic mass is 32.2. The van der Waals surface area contributed by atoms with Crippen LogP contribution in [0.4, 0.5) is 10.1 Å². The van der Waals surface area contributed by atoms with Gasteiger partial charge in [-0.05, 0) is 61.4 Å². The molecule has 34 heavy (non-hydrogen) atoms. The van der Waals surface area contributed by atoms with Crippen LogP contribution in [0.3, 0.4) is 0 Å². The summed E-state index contributed by atoms with van der Waals surface area (Å²) in [5.41, 5.74) is 3.17. The van der Waals surface area contributed by atoms with Gasteiger partial charge < -0.3 is 9.64 Å². The van der Waals surface area contributed by atoms with Gasteiger partial charge in [0.25, 0.3) is 0 Å². The van der Waals surface area contributed by atoms with E-state index < -0.39 is 15.1 Å². The lowest BCUT2D eigenvalue weighted by molar-refractivity contribution is 0.305. The molecule has 0 aromatic heterocycles. The van der Waals surface area contributed by atoms with Gasteiger partial charge in [-0.3, -0.25) is 0 Å². The Balaban J connectivity index is 1.46. The van der Waals surface area contributed by atoms with E-state index >= 15 is 0 Å². The zero-order valence-electron chi connectivity index (χ0n) is 19.1. The minimum Gasteiger partial charge on any atom is -0.488 e. The van der Waals surface area contributed by atoms with Gasteiger partial charge in [-0.25, -0.2) is 22.8 Å². The van der Waals surface area contributed by atoms with Gasteiger partial charge in [0.05, 0.1) is 22.9 Å². The first-order valence-corrected chi connectivity index (χ1v) is 12.7. The minimum absolute atomic E-state index is 0.00320. The Labute approximate surface area is 199 Å². The Bertz CT molecular complexity index is 1320. The molecule has 8 heteroatoms. The number of halogens is 1. The summed E-state index contributed by atoms with van der Waals surface area (Å²) < 4.78 is 43.7. The molecule has 0 atom stereocenters. The number of rotatable bonds is 8. The van der Waals surface area contributed by atoms with Crippen molar-refractivity contribution in [2.45, 2.75) is 31.5 Å². The summed E-state index contributed by atoms with van der Waals surface area (Å²) in [5, 5.41) is -0.426. The first-order chi connectivity index (χ1) is 16.3. The number of anilines is 1. The average molecular weight is 480 g/mol. The summed E-state index contributed by atoms with van der Waals surface area (Å²) in [5.74, 6) is 0.893. The van der Waals surface area contributed by atoms with Crippen LogP contribution in [0.1, 0.15) is 30.5 Å². The van der Waals surface area contributed by atoms with E-state index in [1.165, 1.54) is 12.1 Å². The predicted octanol–water partition coefficient (Wildman–Crippen LogP) is 4.98. The molecule has 0 unspecified atom stereocenters. The first-order valence-electron chi connectivity index (χ1n) is 10.9. The molecule has 0 N–H and O–H groups in total. The highest BCUT2D eigenvalue weighted by Crippen LogP contribution is 2.24. The van der Waals surface area contributed by atoms with E-state index in [-0.39, 0.29) is 11.6 Å². The Morgan fingerprint density at radius 2 is 1.76 bits per heavy atom. The molecule has 3 aromatic rings. The monoisotopic (exact) mass is 479 g/mol. The molecule has 0 radical (unpaired) electrons. The number of benzene rings is 3. The summed E-state index contributed by atoms with van der Waals surface area (Å²) in [6.07, 6.45) is 1.69. The van der Waals surface area contributed by atoms with E-state index in [1.807, 2.05) is 53.4 Å². The lowest BCUT2D eigenvalue weighted by Crippen LogP contribution is -2.27. The van der Waals surface area contributed by atoms with Gasteiger partial charge in [-0.2, -0.15) is 0 Å². The van der Waals surface area contributed by atoms with E-state index in [9.17, 15) is 12.8 Å². The highest BCUT2D eigenvalue weighted by Gasteiger charge is 2.18. The van der Waals surface area contributed by atoms with Crippen molar-refractivity contribution in [1.82, 2.24) is 0 Å². The van der Waals surface area contributed by atoms with Gasteiger partial charge in [0.1, 0.15) is 24.8 Å². The SMILES string of the molecule is CC(C)S(=O)(=O)Cc1cccc(N2C=NC(c3ccccc3OCc3ccc(F)cc3)=NC2)c1. The van der Waals surface area contributed by atoms with Crippen molar-refractivity contribution in [3.05, 3.63) is 95.3 Å². The fourth-order valence-electron chi connectivity index (χ4n) is 3.39. The third-order valence-corrected chi connectivity index (χ3v) is 7.63. The summed E-state index contributed by atoms with van der Waals surface area (Å²) in [6, 6.07) is 21.1. The van der Waals surface area contributed by atoms with E-state index in [4.69, 9.17) is 4.74 Å². The molecule has 0 amide bonds. The number of sulfone groups is 1. The number of hydrogen-bond donors (Lipinski definition) is 0. The van der Waals surface area contributed by atoms with Gasteiger partial charge in [0.2, 0.25) is 0 Å². The second-order valence-electron chi connectivity index (χ2n) is 8.27. The Morgan fingerprint density at radius 3 is 2.47 bits per heavy atom. The molecule has 176 valence electrons. The number of para-hydroxylation sites is 1. The molecule has 6 nitrogen and oxygen atoms in total. The normalized spacial score (nSPS) is 13.8. The first kappa shape index (κ1) is 23.6. The molecule has 3 aromatic carbocycles. The summed E-state index contributed by atoms with van der Waals surface area (Å²) >= 11 is 0. The summed E-state index contributed by atoms with van der Waals surface area (Å²) in [7, 11) is -3.19. The largest absolute Gasteiger partial charge is 0.488 e. The van der Waals surface area contributed by atoms with Crippen LogP contribution in [0.15, 0.2) is 82.8 Å². The molecule has 0 aliphatic carbocycles. The fourth-order valence-corrected chi connectivity index (χ4v) is 4.37. The van der Waals surface area contributed by atoms with Crippen LogP contribution < -0.4 is 9.64 Å². The van der Waals surface area contributed by atoms with Gasteiger partial charge in [0.15, 0.2) is 15.7 Å². The van der Waals surface area contributed by atoms with E-state index in [1.54, 1.807) is 32.3 Å². The maximum atomic E-state index is 13.1. The van der Waals surface area contributed by atoms with Crippen molar-refractivity contribution in [2.75, 3.05) is 11.6 Å². The number of hydrogen-bond acceptors (Lipinski definition) is 6. The number of ether oxygens (including phenoxy) is 1. The average Bonchev–Trinajstić information content (AvgIpc) is 2.84. The van der Waals surface area contributed by atoms with Crippen LogP contribution in [-0.2, 0) is 22.2 Å². The van der Waals surface area contributed by atoms with E-state index in [0.29, 0.717) is 24.9 Å². The van der Waals surface area contributed by atoms with Gasteiger partial charge in [0, 0.05) is 5.69 Å². The second kappa shape index (κ2) is 10.2. The van der Waals surface area contributed by atoms with Crippen LogP contribution in [0, 0.1) is 5.82 Å². The summed E-state index contributed by atoms with van der Waals surface area (Å²) in [4.78, 5) is 11.0. The van der Waals surface area contributed by atoms with Gasteiger partial charge in [-0.1, -0.05) is 36.4 Å². The van der Waals surface area contributed by atoms with Gasteiger partial charge in [-0.15, -0.1) is 0 Å². The molecule has 0 bridgehead atoms. The molecule has 4 rings (SSSR count). The molecular weight excluding hydrogens is 453 g/mol. The van der Waals surface area contributed by atoms with Crippen LogP contribution >= 0.6 is 0 Å². The van der Waals surface area contributed by atoms with Crippen molar-refractivity contribution >= 4 is 27.7 Å². The number of nitrogens with zero attached hydrogens (tertiary/aromatic N) is 3. The van der Waals surface area contributed by atoms with Gasteiger partial charge >= 0.3 is 0 Å². The molecule has 0 saturated carbocycles. The predicted molar refractivity (Wildman–Crippen MR) is 134 cm³/mol. The second-order valence-corrected chi connectivity index (χ2v) is 10.8. The zero-order valence-corrected chi connectivity index (χ0v) is 19.9. The maximum absolute atomic E-state index is 13.1. The van der Waals surface area contributed by atoms with Crippen LogP contribution in [0.2, 0.25) is 0 Å². The van der Waals surface area contributed by atoms with Crippen molar-refractivity contribution in [2.24, 2.45) is 9.98 Å². The lowest BCUT2D eigenvalue weighted by Gasteiger charge is -2.22. The van der Waals surface area contributed by atoms with E-state index in [0.717, 1.165) is 22.4 Å². The Kier molecular flexibility index (Phi) is 7.07. The topological polar surface area (TPSA) is 71.3 Å². The quantitative estimate of drug-likeness (QED) is 0.457. The lowest BCUT2D eigenvalue weighted by atomic mass is 10.1. The third kappa shape index (κ3) is 5.69. The third-order valence-electron chi connectivity index (χ3n) is 5.46. The zero-order chi connectivity index (χ0) is 24.1. The smallest absolute Gasteiger partial charge is 0.161 e. The fraction of sp³-hybridized carbons (Fsp3) is 0.231. The van der Waals surface area contributed by atoms with Crippen LogP contribution in [-0.4, -0.2) is 32.5 Å². The minimum atomic E-state index is -3.19. The molecule has 0 saturated heterocycles. The Morgan fingerprint density at radius 1 is 1.00 bits per heavy atom.